The van der Waals surface area contributed by atoms with E-state index in [0.717, 1.165) is 27.9 Å². The molecule has 0 aliphatic carbocycles. The summed E-state index contributed by atoms with van der Waals surface area (Å²) in [7, 11) is 0. The van der Waals surface area contributed by atoms with Crippen molar-refractivity contribution in [2.75, 3.05) is 13.2 Å². The number of fused-ring (bicyclic) bond motifs is 1. The maximum atomic E-state index is 9.70. The minimum absolute atomic E-state index is 0.451. The average Bonchev–Trinajstić information content (AvgIpc) is 3.13. The van der Waals surface area contributed by atoms with Gasteiger partial charge in [-0.1, -0.05) is 18.2 Å². The van der Waals surface area contributed by atoms with Crippen molar-refractivity contribution in [1.82, 2.24) is 9.97 Å². The Kier molecular flexibility index (Phi) is 6.13. The first kappa shape index (κ1) is 19.2. The van der Waals surface area contributed by atoms with Crippen molar-refractivity contribution in [2.24, 2.45) is 0 Å². The first-order valence-electron chi connectivity index (χ1n) is 9.30. The molecule has 0 saturated carbocycles. The van der Waals surface area contributed by atoms with E-state index in [2.05, 4.69) is 22.6 Å². The van der Waals surface area contributed by atoms with Crippen molar-refractivity contribution in [2.45, 2.75) is 20.3 Å². The SMILES string of the molecule is C=CCc1cc(/C=C(\C#N)c2nc3ccccc3[nH]2)cc(OCC)c1OCC. The molecular weight excluding hydrogens is 350 g/mol. The van der Waals surface area contributed by atoms with Crippen molar-refractivity contribution in [3.63, 3.8) is 0 Å². The van der Waals surface area contributed by atoms with Crippen LogP contribution in [0.3, 0.4) is 0 Å². The quantitative estimate of drug-likeness (QED) is 0.438. The number of nitrogens with zero attached hydrogens (tertiary/aromatic N) is 2. The number of imidazole rings is 1. The molecule has 0 fully saturated rings. The molecule has 142 valence electrons. The monoisotopic (exact) mass is 373 g/mol. The van der Waals surface area contributed by atoms with Gasteiger partial charge in [0.15, 0.2) is 11.5 Å². The van der Waals surface area contributed by atoms with Gasteiger partial charge in [0.05, 0.1) is 29.8 Å². The Morgan fingerprint density at radius 2 is 2.00 bits per heavy atom. The van der Waals surface area contributed by atoms with Crippen LogP contribution in [0.5, 0.6) is 11.5 Å². The first-order valence-corrected chi connectivity index (χ1v) is 9.30. The third-order valence-corrected chi connectivity index (χ3v) is 4.18. The Bertz CT molecular complexity index is 1020. The van der Waals surface area contributed by atoms with Gasteiger partial charge in [0.2, 0.25) is 0 Å². The smallest absolute Gasteiger partial charge is 0.164 e. The maximum absolute atomic E-state index is 9.70. The highest BCUT2D eigenvalue weighted by Gasteiger charge is 2.14. The summed E-state index contributed by atoms with van der Waals surface area (Å²) in [6, 6.07) is 13.8. The van der Waals surface area contributed by atoms with Crippen molar-refractivity contribution >= 4 is 22.7 Å². The van der Waals surface area contributed by atoms with Gasteiger partial charge in [0.1, 0.15) is 11.9 Å². The number of hydrogen-bond donors (Lipinski definition) is 1. The van der Waals surface area contributed by atoms with Crippen LogP contribution in [0.25, 0.3) is 22.7 Å². The number of nitriles is 1. The zero-order chi connectivity index (χ0) is 19.9. The molecule has 5 heteroatoms. The van der Waals surface area contributed by atoms with Crippen molar-refractivity contribution in [1.29, 1.82) is 5.26 Å². The molecule has 28 heavy (non-hydrogen) atoms. The second-order valence-electron chi connectivity index (χ2n) is 6.14. The van der Waals surface area contributed by atoms with E-state index in [4.69, 9.17) is 9.47 Å². The van der Waals surface area contributed by atoms with E-state index < -0.39 is 0 Å². The summed E-state index contributed by atoms with van der Waals surface area (Å²) in [6.07, 6.45) is 4.28. The number of hydrogen-bond acceptors (Lipinski definition) is 4. The van der Waals surface area contributed by atoms with Crippen LogP contribution in [-0.2, 0) is 6.42 Å². The fourth-order valence-electron chi connectivity index (χ4n) is 3.05. The molecule has 0 radical (unpaired) electrons. The molecule has 1 heterocycles. The number of ether oxygens (including phenoxy) is 2. The molecule has 0 atom stereocenters. The van der Waals surface area contributed by atoms with E-state index in [9.17, 15) is 5.26 Å². The molecule has 0 amide bonds. The van der Waals surface area contributed by atoms with Crippen molar-refractivity contribution in [3.8, 4) is 17.6 Å². The van der Waals surface area contributed by atoms with Gasteiger partial charge in [-0.05, 0) is 56.2 Å². The molecule has 3 aromatic rings. The standard InChI is InChI=1S/C23H23N3O2/c1-4-9-17-12-16(14-21(27-5-2)22(17)28-6-3)13-18(15-24)23-25-19-10-7-8-11-20(19)26-23/h4,7-8,10-14H,1,5-6,9H2,2-3H3,(H,25,26)/b18-13+. The third kappa shape index (κ3) is 4.07. The lowest BCUT2D eigenvalue weighted by atomic mass is 10.0. The summed E-state index contributed by atoms with van der Waals surface area (Å²) in [5.41, 5.74) is 3.99. The van der Waals surface area contributed by atoms with Gasteiger partial charge in [-0.25, -0.2) is 4.98 Å². The topological polar surface area (TPSA) is 70.9 Å². The second kappa shape index (κ2) is 8.92. The summed E-state index contributed by atoms with van der Waals surface area (Å²) in [5, 5.41) is 9.70. The van der Waals surface area contributed by atoms with E-state index >= 15 is 0 Å². The summed E-state index contributed by atoms with van der Waals surface area (Å²) in [5.74, 6) is 1.93. The van der Waals surface area contributed by atoms with Crippen molar-refractivity contribution < 1.29 is 9.47 Å². The number of benzene rings is 2. The number of H-pyrrole nitrogens is 1. The normalized spacial score (nSPS) is 11.2. The Labute approximate surface area is 164 Å². The van der Waals surface area contributed by atoms with E-state index in [-0.39, 0.29) is 0 Å². The van der Waals surface area contributed by atoms with Gasteiger partial charge in [0.25, 0.3) is 0 Å². The Hall–Kier alpha value is -3.52. The van der Waals surface area contributed by atoms with Gasteiger partial charge in [-0.2, -0.15) is 5.26 Å². The second-order valence-corrected chi connectivity index (χ2v) is 6.14. The van der Waals surface area contributed by atoms with Gasteiger partial charge < -0.3 is 14.5 Å². The van der Waals surface area contributed by atoms with Gasteiger partial charge in [0, 0.05) is 5.56 Å². The lowest BCUT2D eigenvalue weighted by molar-refractivity contribution is 0.285. The number of aromatic nitrogens is 2. The summed E-state index contributed by atoms with van der Waals surface area (Å²) in [4.78, 5) is 7.73. The predicted octanol–water partition coefficient (Wildman–Crippen LogP) is 5.15. The molecule has 2 aromatic carbocycles. The molecule has 0 bridgehead atoms. The summed E-state index contributed by atoms with van der Waals surface area (Å²) >= 11 is 0. The predicted molar refractivity (Wildman–Crippen MR) is 112 cm³/mol. The van der Waals surface area contributed by atoms with E-state index in [0.29, 0.717) is 36.8 Å². The van der Waals surface area contributed by atoms with Crippen LogP contribution in [0, 0.1) is 11.3 Å². The average molecular weight is 373 g/mol. The fraction of sp³-hybridized carbons (Fsp3) is 0.217. The lowest BCUT2D eigenvalue weighted by Crippen LogP contribution is -2.02. The molecule has 0 aliphatic rings. The number of aromatic amines is 1. The largest absolute Gasteiger partial charge is 0.490 e. The van der Waals surface area contributed by atoms with Gasteiger partial charge in [-0.3, -0.25) is 0 Å². The number of nitrogens with one attached hydrogen (secondary N) is 1. The van der Waals surface area contributed by atoms with E-state index in [1.807, 2.05) is 62.4 Å². The maximum Gasteiger partial charge on any atom is 0.164 e. The molecule has 1 N–H and O–H groups in total. The minimum Gasteiger partial charge on any atom is -0.490 e. The number of para-hydroxylation sites is 2. The van der Waals surface area contributed by atoms with Gasteiger partial charge in [-0.15, -0.1) is 6.58 Å². The highest BCUT2D eigenvalue weighted by Crippen LogP contribution is 2.35. The molecule has 5 nitrogen and oxygen atoms in total. The third-order valence-electron chi connectivity index (χ3n) is 4.18. The summed E-state index contributed by atoms with van der Waals surface area (Å²) < 4.78 is 11.6. The minimum atomic E-state index is 0.451. The summed E-state index contributed by atoms with van der Waals surface area (Å²) in [6.45, 7) is 8.77. The van der Waals surface area contributed by atoms with Crippen LogP contribution < -0.4 is 9.47 Å². The zero-order valence-corrected chi connectivity index (χ0v) is 16.2. The van der Waals surface area contributed by atoms with E-state index in [1.54, 1.807) is 0 Å². The zero-order valence-electron chi connectivity index (χ0n) is 16.2. The molecular formula is C23H23N3O2. The molecule has 0 aliphatic heterocycles. The van der Waals surface area contributed by atoms with Crippen LogP contribution >= 0.6 is 0 Å². The molecule has 0 spiro atoms. The highest BCUT2D eigenvalue weighted by atomic mass is 16.5. The molecule has 0 saturated heterocycles. The van der Waals surface area contributed by atoms with Crippen LogP contribution in [0.1, 0.15) is 30.8 Å². The molecule has 0 unspecified atom stereocenters. The van der Waals surface area contributed by atoms with Crippen LogP contribution in [0.15, 0.2) is 49.1 Å². The van der Waals surface area contributed by atoms with Gasteiger partial charge >= 0.3 is 0 Å². The Balaban J connectivity index is 2.09. The highest BCUT2D eigenvalue weighted by molar-refractivity contribution is 5.90. The lowest BCUT2D eigenvalue weighted by Gasteiger charge is -2.16. The number of rotatable bonds is 8. The number of allylic oxidation sites excluding steroid dienone is 2. The Morgan fingerprint density at radius 1 is 1.21 bits per heavy atom. The van der Waals surface area contributed by atoms with Crippen LogP contribution in [0.2, 0.25) is 0 Å². The molecule has 3 rings (SSSR count). The molecule has 1 aromatic heterocycles. The fourth-order valence-corrected chi connectivity index (χ4v) is 3.05. The Morgan fingerprint density at radius 3 is 2.68 bits per heavy atom. The first-order chi connectivity index (χ1) is 13.7. The van der Waals surface area contributed by atoms with E-state index in [1.165, 1.54) is 0 Å². The van der Waals surface area contributed by atoms with Crippen molar-refractivity contribution in [3.05, 3.63) is 66.0 Å². The van der Waals surface area contributed by atoms with Crippen LogP contribution in [-0.4, -0.2) is 23.2 Å². The van der Waals surface area contributed by atoms with Crippen LogP contribution in [0.4, 0.5) is 0 Å².